The average molecular weight is 263 g/mol. The lowest BCUT2D eigenvalue weighted by molar-refractivity contribution is -0.110. The van der Waals surface area contributed by atoms with Crippen LogP contribution in [0.5, 0.6) is 0 Å². The van der Waals surface area contributed by atoms with E-state index >= 15 is 0 Å². The van der Waals surface area contributed by atoms with Crippen molar-refractivity contribution < 1.29 is 4.79 Å². The molecular formula is C15H25N3O. The van der Waals surface area contributed by atoms with Crippen LogP contribution in [0.2, 0.25) is 0 Å². The topological polar surface area (TPSA) is 79.0 Å². The molecular weight excluding hydrogens is 238 g/mol. The molecule has 1 aromatic rings. The van der Waals surface area contributed by atoms with Crippen molar-refractivity contribution in [2.75, 3.05) is 5.32 Å². The predicted octanol–water partition coefficient (Wildman–Crippen LogP) is 3.56. The molecule has 106 valence electrons. The smallest absolute Gasteiger partial charge is 0.273 e. The molecule has 0 heterocycles. The fraction of sp³-hybridized carbons (Fsp3) is 0.333. The van der Waals surface area contributed by atoms with Crippen LogP contribution in [0.25, 0.3) is 0 Å². The van der Waals surface area contributed by atoms with E-state index in [-0.39, 0.29) is 5.71 Å². The van der Waals surface area contributed by atoms with E-state index in [1.165, 1.54) is 6.08 Å². The molecule has 1 amide bonds. The number of carbonyl (C=O) groups excluding carboxylic acids is 1. The molecule has 0 unspecified atom stereocenters. The molecule has 0 saturated carbocycles. The van der Waals surface area contributed by atoms with Gasteiger partial charge in [-0.2, -0.15) is 0 Å². The number of anilines is 1. The minimum atomic E-state index is -0.467. The van der Waals surface area contributed by atoms with E-state index in [0.29, 0.717) is 11.4 Å². The summed E-state index contributed by atoms with van der Waals surface area (Å²) in [5.41, 5.74) is 6.31. The van der Waals surface area contributed by atoms with Gasteiger partial charge in [-0.15, -0.1) is 0 Å². The van der Waals surface area contributed by atoms with Gasteiger partial charge in [0.25, 0.3) is 5.91 Å². The van der Waals surface area contributed by atoms with Gasteiger partial charge < -0.3 is 11.1 Å². The van der Waals surface area contributed by atoms with Gasteiger partial charge in [0.2, 0.25) is 0 Å². The Bertz CT molecular complexity index is 393. The third-order valence-electron chi connectivity index (χ3n) is 1.65. The van der Waals surface area contributed by atoms with E-state index in [1.54, 1.807) is 19.1 Å². The second-order valence-corrected chi connectivity index (χ2v) is 3.12. The van der Waals surface area contributed by atoms with Gasteiger partial charge >= 0.3 is 0 Å². The summed E-state index contributed by atoms with van der Waals surface area (Å²) in [6, 6.07) is 8.98. The molecule has 0 fully saturated rings. The number of amides is 1. The Labute approximate surface area is 116 Å². The summed E-state index contributed by atoms with van der Waals surface area (Å²) in [7, 11) is 0. The van der Waals surface area contributed by atoms with Crippen LogP contribution in [0.1, 0.15) is 34.6 Å². The maximum absolute atomic E-state index is 11.4. The van der Waals surface area contributed by atoms with Crippen LogP contribution < -0.4 is 11.1 Å². The summed E-state index contributed by atoms with van der Waals surface area (Å²) in [5.74, 6) is -0.467. The second kappa shape index (κ2) is 12.4. The zero-order valence-electron chi connectivity index (χ0n) is 12.4. The fourth-order valence-electron chi connectivity index (χ4n) is 1.01. The Balaban J connectivity index is 0. The van der Waals surface area contributed by atoms with Gasteiger partial charge in [-0.05, 0) is 25.1 Å². The Kier molecular flexibility index (Phi) is 12.5. The highest BCUT2D eigenvalue weighted by Crippen LogP contribution is 2.04. The minimum Gasteiger partial charge on any atom is -0.402 e. The number of rotatable bonds is 3. The lowest BCUT2D eigenvalue weighted by atomic mass is 10.2. The van der Waals surface area contributed by atoms with E-state index < -0.39 is 5.91 Å². The molecule has 0 aromatic heterocycles. The van der Waals surface area contributed by atoms with Crippen molar-refractivity contribution in [3.8, 4) is 0 Å². The standard InChI is InChI=1S/C11H13N3O.2C2H6/c1-8(12)7-10(13)11(15)14-9-5-3-2-4-6-9;2*1-2/h2-7,13H,12H2,1H3,(H,14,15);2*1-2H3/b8-7-,13-10?;;. The number of hydrogen-bond acceptors (Lipinski definition) is 3. The third-order valence-corrected chi connectivity index (χ3v) is 1.65. The van der Waals surface area contributed by atoms with Crippen molar-refractivity contribution in [2.45, 2.75) is 34.6 Å². The lowest BCUT2D eigenvalue weighted by Crippen LogP contribution is -2.21. The number of allylic oxidation sites excluding steroid dienone is 1. The average Bonchev–Trinajstić information content (AvgIpc) is 2.43. The quantitative estimate of drug-likeness (QED) is 0.729. The van der Waals surface area contributed by atoms with Gasteiger partial charge in [0.05, 0.1) is 0 Å². The summed E-state index contributed by atoms with van der Waals surface area (Å²) in [5, 5.41) is 9.99. The van der Waals surface area contributed by atoms with Gasteiger partial charge in [0.15, 0.2) is 0 Å². The zero-order valence-corrected chi connectivity index (χ0v) is 12.4. The highest BCUT2D eigenvalue weighted by molar-refractivity contribution is 6.46. The number of nitrogens with two attached hydrogens (primary N) is 1. The highest BCUT2D eigenvalue weighted by Gasteiger charge is 2.06. The fourth-order valence-corrected chi connectivity index (χ4v) is 1.01. The molecule has 0 aliphatic rings. The molecule has 0 saturated heterocycles. The van der Waals surface area contributed by atoms with Crippen molar-refractivity contribution in [2.24, 2.45) is 5.73 Å². The van der Waals surface area contributed by atoms with Crippen LogP contribution in [-0.4, -0.2) is 11.6 Å². The molecule has 19 heavy (non-hydrogen) atoms. The van der Waals surface area contributed by atoms with E-state index in [0.717, 1.165) is 0 Å². The van der Waals surface area contributed by atoms with Crippen molar-refractivity contribution in [3.63, 3.8) is 0 Å². The van der Waals surface area contributed by atoms with Gasteiger partial charge in [-0.3, -0.25) is 10.2 Å². The maximum atomic E-state index is 11.4. The largest absolute Gasteiger partial charge is 0.402 e. The van der Waals surface area contributed by atoms with E-state index in [1.807, 2.05) is 45.9 Å². The summed E-state index contributed by atoms with van der Waals surface area (Å²) in [6.07, 6.45) is 1.32. The van der Waals surface area contributed by atoms with Crippen LogP contribution >= 0.6 is 0 Å². The van der Waals surface area contributed by atoms with Crippen LogP contribution in [0.15, 0.2) is 42.1 Å². The normalized spacial score (nSPS) is 9.21. The molecule has 1 rings (SSSR count). The number of hydrogen-bond donors (Lipinski definition) is 3. The van der Waals surface area contributed by atoms with E-state index in [9.17, 15) is 4.79 Å². The monoisotopic (exact) mass is 263 g/mol. The molecule has 0 aliphatic heterocycles. The molecule has 4 nitrogen and oxygen atoms in total. The minimum absolute atomic E-state index is 0.154. The first-order valence-corrected chi connectivity index (χ1v) is 6.48. The summed E-state index contributed by atoms with van der Waals surface area (Å²) < 4.78 is 0. The summed E-state index contributed by atoms with van der Waals surface area (Å²) >= 11 is 0. The van der Waals surface area contributed by atoms with E-state index in [2.05, 4.69) is 5.32 Å². The first-order valence-electron chi connectivity index (χ1n) is 6.48. The number of nitrogens with one attached hydrogen (secondary N) is 2. The molecule has 1 aromatic carbocycles. The van der Waals surface area contributed by atoms with E-state index in [4.69, 9.17) is 11.1 Å². The number of carbonyl (C=O) groups is 1. The van der Waals surface area contributed by atoms with Crippen LogP contribution in [0.4, 0.5) is 5.69 Å². The maximum Gasteiger partial charge on any atom is 0.273 e. The zero-order chi connectivity index (χ0) is 15.3. The molecule has 0 radical (unpaired) electrons. The number of para-hydroxylation sites is 1. The highest BCUT2D eigenvalue weighted by atomic mass is 16.1. The van der Waals surface area contributed by atoms with Gasteiger partial charge in [0, 0.05) is 11.4 Å². The summed E-state index contributed by atoms with van der Waals surface area (Å²) in [6.45, 7) is 9.63. The second-order valence-electron chi connectivity index (χ2n) is 3.12. The van der Waals surface area contributed by atoms with Crippen LogP contribution in [0, 0.1) is 5.41 Å². The third kappa shape index (κ3) is 9.59. The number of benzene rings is 1. The van der Waals surface area contributed by atoms with Crippen molar-refractivity contribution in [1.82, 2.24) is 0 Å². The Morgan fingerprint density at radius 2 is 1.63 bits per heavy atom. The van der Waals surface area contributed by atoms with Crippen molar-refractivity contribution in [3.05, 3.63) is 42.1 Å². The SMILES string of the molecule is C/C(N)=C/C(=N)C(=O)Nc1ccccc1.CC.CC. The van der Waals surface area contributed by atoms with Gasteiger partial charge in [-0.25, -0.2) is 0 Å². The molecule has 0 atom stereocenters. The molecule has 4 N–H and O–H groups in total. The lowest BCUT2D eigenvalue weighted by Gasteiger charge is -2.03. The Morgan fingerprint density at radius 1 is 1.16 bits per heavy atom. The molecule has 0 aliphatic carbocycles. The van der Waals surface area contributed by atoms with Gasteiger partial charge in [0.1, 0.15) is 5.71 Å². The molecule has 4 heteroatoms. The Morgan fingerprint density at radius 3 is 2.05 bits per heavy atom. The van der Waals surface area contributed by atoms with Crippen LogP contribution in [0.3, 0.4) is 0 Å². The first kappa shape index (κ1) is 19.2. The van der Waals surface area contributed by atoms with Crippen molar-refractivity contribution in [1.29, 1.82) is 5.41 Å². The predicted molar refractivity (Wildman–Crippen MR) is 83.4 cm³/mol. The first-order chi connectivity index (χ1) is 9.09. The van der Waals surface area contributed by atoms with Crippen LogP contribution in [-0.2, 0) is 4.79 Å². The molecule has 0 spiro atoms. The molecule has 0 bridgehead atoms. The van der Waals surface area contributed by atoms with Gasteiger partial charge in [-0.1, -0.05) is 45.9 Å². The Hall–Kier alpha value is -2.10. The summed E-state index contributed by atoms with van der Waals surface area (Å²) in [4.78, 5) is 11.4. The van der Waals surface area contributed by atoms with Crippen molar-refractivity contribution >= 4 is 17.3 Å².